The number of nitrogens with one attached hydrogen (secondary N) is 11. The van der Waals surface area contributed by atoms with Gasteiger partial charge in [-0.2, -0.15) is 0 Å². The molecule has 0 saturated carbocycles. The van der Waals surface area contributed by atoms with Crippen molar-refractivity contribution in [3.63, 3.8) is 0 Å². The Hall–Kier alpha value is -9.61. The van der Waals surface area contributed by atoms with Gasteiger partial charge in [-0.1, -0.05) is 58.0 Å². The Morgan fingerprint density at radius 1 is 0.703 bits per heavy atom. The van der Waals surface area contributed by atoms with E-state index in [4.69, 9.17) is 21.4 Å². The van der Waals surface area contributed by atoms with Crippen molar-refractivity contribution in [2.75, 3.05) is 26.2 Å². The average Bonchev–Trinajstić information content (AvgIpc) is 2.04. The van der Waals surface area contributed by atoms with Crippen LogP contribution >= 0.6 is 0 Å². The summed E-state index contributed by atoms with van der Waals surface area (Å²) in [6.07, 6.45) is 5.80. The van der Waals surface area contributed by atoms with E-state index in [1.807, 2.05) is 19.9 Å². The largest absolute Gasteiger partial charge is 0.508 e. The number of carbonyl (C=O) groups excluding carboxylic acids is 10. The number of benzene rings is 2. The first-order valence-corrected chi connectivity index (χ1v) is 30.4. The van der Waals surface area contributed by atoms with Crippen LogP contribution in [0.1, 0.15) is 110 Å². The molecule has 2 aliphatic rings. The molecule has 18 N–H and O–H groups in total. The maximum atomic E-state index is 14.7. The molecule has 10 amide bonds. The summed E-state index contributed by atoms with van der Waals surface area (Å²) < 4.78 is 0. The number of likely N-dealkylation sites (tertiary alicyclic amines) is 1. The van der Waals surface area contributed by atoms with Gasteiger partial charge >= 0.3 is 0 Å². The molecule has 4 heterocycles. The number of carboxylic acids is 1. The van der Waals surface area contributed by atoms with Gasteiger partial charge in [-0.25, -0.2) is 4.98 Å². The molecule has 0 bridgehead atoms. The molecule has 9 atom stereocenters. The number of aliphatic imine (C=N–C) groups is 1. The summed E-state index contributed by atoms with van der Waals surface area (Å²) in [6, 6.07) is 1.58. The maximum Gasteiger partial charge on any atom is 0.300 e. The molecule has 2 aromatic heterocycles. The van der Waals surface area contributed by atoms with Crippen LogP contribution in [0.4, 0.5) is 0 Å². The molecule has 0 aliphatic carbocycles. The van der Waals surface area contributed by atoms with Crippen LogP contribution in [0.2, 0.25) is 0 Å². The highest BCUT2D eigenvalue weighted by Crippen LogP contribution is 2.22. The summed E-state index contributed by atoms with van der Waals surface area (Å²) in [4.78, 5) is 164. The number of aliphatic hydroxyl groups is 1. The second-order valence-electron chi connectivity index (χ2n) is 23.3. The highest BCUT2D eigenvalue weighted by Gasteiger charge is 2.40. The summed E-state index contributed by atoms with van der Waals surface area (Å²) in [6.45, 7) is 9.91. The van der Waals surface area contributed by atoms with E-state index in [1.54, 1.807) is 45.2 Å². The van der Waals surface area contributed by atoms with Gasteiger partial charge in [0.15, 0.2) is 5.96 Å². The van der Waals surface area contributed by atoms with Crippen molar-refractivity contribution in [3.8, 4) is 5.75 Å². The van der Waals surface area contributed by atoms with Gasteiger partial charge in [-0.3, -0.25) is 57.7 Å². The molecule has 4 aromatic rings. The van der Waals surface area contributed by atoms with Gasteiger partial charge in [0.2, 0.25) is 59.1 Å². The number of H-pyrrole nitrogens is 2. The quantitative estimate of drug-likeness (QED) is 0.0153. The maximum absolute atomic E-state index is 14.7. The number of fused-ring (bicyclic) bond motifs is 1. The number of aliphatic carboxylic acids is 1. The smallest absolute Gasteiger partial charge is 0.300 e. The normalized spacial score (nSPS) is 16.7. The Balaban J connectivity index is 0.00000365. The van der Waals surface area contributed by atoms with Gasteiger partial charge in [0, 0.05) is 81.2 Å². The number of carbonyl (C=O) groups is 11. The molecule has 2 fully saturated rings. The van der Waals surface area contributed by atoms with E-state index in [0.717, 1.165) is 12.4 Å². The Kier molecular flexibility index (Phi) is 28.2. The standard InChI is InChI=1S/C59H84N16O12.C2H4O2/c1-6-63-57(86)48-14-10-22-75(48)58(87)41(13-9-21-64-59(60)61)68-51(80)42(23-32(2)3)69-52(81)43(24-33(4)5)70-53(82)44(25-34-15-17-37(77)18-16-34)71-56(85)47(30-76)74-54(83)45(26-35-28-65-39-12-8-7-11-38(35)39)72-55(84)46(27-36-29-62-31-66-36)73-50(79)40-19-20-49(78)67-40;1-2(3)4/h7-8,11-12,15-18,28-29,31-33,40-48,65,76-77H,6,9-10,13-14,19-27,30H2,1-5H3,(H,62,66)(H,63,86)(H,67,78)(H,68,80)(H,69,81)(H,70,82)(H,71,85)(H,72,84)(H,73,79)(H,74,83)(H4,60,61,64);1H3,(H,3,4)/t40-,41?,42-,43+,44-,45-,46?,47?,48?;/m0./s1. The summed E-state index contributed by atoms with van der Waals surface area (Å²) in [7, 11) is 0. The number of aliphatic hydroxyl groups excluding tert-OH is 1. The zero-order valence-electron chi connectivity index (χ0n) is 52.1. The van der Waals surface area contributed by atoms with Crippen LogP contribution < -0.4 is 59.3 Å². The number of para-hydroxylation sites is 1. The van der Waals surface area contributed by atoms with E-state index in [-0.39, 0.29) is 106 Å². The first-order chi connectivity index (χ1) is 43.3. The number of hydrogen-bond acceptors (Lipinski definition) is 15. The van der Waals surface area contributed by atoms with Crippen molar-refractivity contribution >= 4 is 81.9 Å². The van der Waals surface area contributed by atoms with E-state index < -0.39 is 114 Å². The highest BCUT2D eigenvalue weighted by atomic mass is 16.4. The molecule has 2 aliphatic heterocycles. The lowest BCUT2D eigenvalue weighted by Gasteiger charge is -2.31. The van der Waals surface area contributed by atoms with Crippen LogP contribution in [0, 0.1) is 11.8 Å². The number of likely N-dealkylation sites (N-methyl/N-ethyl adjacent to an activating group) is 1. The van der Waals surface area contributed by atoms with Gasteiger partial charge in [-0.05, 0) is 93.0 Å². The number of hydrogen-bond donors (Lipinski definition) is 16. The van der Waals surface area contributed by atoms with Crippen LogP contribution in [0.25, 0.3) is 10.9 Å². The monoisotopic (exact) mass is 1270 g/mol. The topological polar surface area (TPSA) is 469 Å². The Morgan fingerprint density at radius 3 is 1.80 bits per heavy atom. The fourth-order valence-electron chi connectivity index (χ4n) is 10.5. The number of phenols is 1. The van der Waals surface area contributed by atoms with Crippen LogP contribution in [0.3, 0.4) is 0 Å². The van der Waals surface area contributed by atoms with Crippen molar-refractivity contribution in [2.45, 2.75) is 167 Å². The van der Waals surface area contributed by atoms with Crippen LogP contribution in [0.5, 0.6) is 5.75 Å². The van der Waals surface area contributed by atoms with Gasteiger partial charge in [0.05, 0.1) is 12.9 Å². The number of nitrogens with two attached hydrogens (primary N) is 2. The molecular formula is C61H88N16O14. The summed E-state index contributed by atoms with van der Waals surface area (Å²) >= 11 is 0. The molecule has 6 rings (SSSR count). The minimum atomic E-state index is -1.75. The molecule has 2 saturated heterocycles. The fourth-order valence-corrected chi connectivity index (χ4v) is 10.5. The van der Waals surface area contributed by atoms with Crippen molar-refractivity contribution in [3.05, 3.63) is 84.1 Å². The number of rotatable bonds is 32. The molecule has 2 aromatic carbocycles. The molecule has 0 spiro atoms. The third-order valence-corrected chi connectivity index (χ3v) is 14.9. The Morgan fingerprint density at radius 2 is 1.25 bits per heavy atom. The van der Waals surface area contributed by atoms with E-state index >= 15 is 0 Å². The molecule has 496 valence electrons. The average molecular weight is 1270 g/mol. The number of aromatic amines is 2. The Labute approximate surface area is 526 Å². The van der Waals surface area contributed by atoms with E-state index in [1.165, 1.54) is 41.7 Å². The summed E-state index contributed by atoms with van der Waals surface area (Å²) in [5, 5.41) is 53.3. The molecule has 30 nitrogen and oxygen atoms in total. The summed E-state index contributed by atoms with van der Waals surface area (Å²) in [5.41, 5.74) is 13.3. The van der Waals surface area contributed by atoms with Crippen LogP contribution in [-0.4, -0.2) is 187 Å². The first kappa shape index (κ1) is 72.1. The number of imidazole rings is 1. The number of amides is 10. The third kappa shape index (κ3) is 23.1. The van der Waals surface area contributed by atoms with Gasteiger partial charge in [0.1, 0.15) is 60.1 Å². The van der Waals surface area contributed by atoms with Gasteiger partial charge in [0.25, 0.3) is 5.97 Å². The van der Waals surface area contributed by atoms with E-state index in [2.05, 4.69) is 67.8 Å². The lowest BCUT2D eigenvalue weighted by atomic mass is 9.98. The highest BCUT2D eigenvalue weighted by molar-refractivity contribution is 5.99. The van der Waals surface area contributed by atoms with E-state index in [9.17, 15) is 58.2 Å². The number of carboxylic acid groups (broad SMARTS) is 1. The predicted molar refractivity (Wildman–Crippen MR) is 333 cm³/mol. The second kappa shape index (κ2) is 35.5. The molecule has 0 radical (unpaired) electrons. The van der Waals surface area contributed by atoms with Crippen molar-refractivity contribution in [1.29, 1.82) is 0 Å². The van der Waals surface area contributed by atoms with Crippen molar-refractivity contribution < 1.29 is 68.1 Å². The SMILES string of the molecule is CC(=O)O.CCNC(=O)C1CCCN1C(=O)C(CCCN=C(N)N)NC(=O)[C@H](CC(C)C)NC(=O)[C@@H](CC(C)C)NC(=O)[C@H](Cc1ccc(O)cc1)NC(=O)C(CO)NC(=O)[C@H](Cc1c[nH]c2ccccc12)NC(=O)C(Cc1cnc[nH]1)NC(=O)[C@@H]1CCC(=O)N1. The number of aromatic nitrogens is 3. The first-order valence-electron chi connectivity index (χ1n) is 30.4. The number of nitrogens with zero attached hydrogens (tertiary/aromatic N) is 3. The van der Waals surface area contributed by atoms with Crippen molar-refractivity contribution in [1.82, 2.24) is 67.7 Å². The number of phenolic OH excluding ortho intramolecular Hbond substituents is 1. The minimum absolute atomic E-state index is 0.0397. The fraction of sp³-hybridized carbons (Fsp3) is 0.525. The van der Waals surface area contributed by atoms with Crippen LogP contribution in [0.15, 0.2) is 72.2 Å². The lowest BCUT2D eigenvalue weighted by Crippen LogP contribution is -2.61. The molecule has 91 heavy (non-hydrogen) atoms. The predicted octanol–water partition coefficient (Wildman–Crippen LogP) is -1.35. The molecular weight excluding hydrogens is 1180 g/mol. The van der Waals surface area contributed by atoms with Crippen LogP contribution in [-0.2, 0) is 72.0 Å². The van der Waals surface area contributed by atoms with Crippen molar-refractivity contribution in [2.24, 2.45) is 28.3 Å². The van der Waals surface area contributed by atoms with E-state index in [0.29, 0.717) is 41.6 Å². The zero-order valence-corrected chi connectivity index (χ0v) is 52.1. The Bertz CT molecular complexity index is 3160. The lowest BCUT2D eigenvalue weighted by molar-refractivity contribution is -0.142. The van der Waals surface area contributed by atoms with Gasteiger partial charge in [-0.15, -0.1) is 0 Å². The van der Waals surface area contributed by atoms with Gasteiger partial charge < -0.3 is 89.5 Å². The number of aromatic hydroxyl groups is 1. The minimum Gasteiger partial charge on any atom is -0.508 e. The molecule has 4 unspecified atom stereocenters. The third-order valence-electron chi connectivity index (χ3n) is 14.9. The number of guanidine groups is 1. The summed E-state index contributed by atoms with van der Waals surface area (Å²) in [5.74, 6) is -8.39. The zero-order chi connectivity index (χ0) is 66.9. The molecule has 30 heteroatoms. The second-order valence-corrected chi connectivity index (χ2v) is 23.3.